The van der Waals surface area contributed by atoms with Crippen LogP contribution in [0.25, 0.3) is 0 Å². The van der Waals surface area contributed by atoms with Gasteiger partial charge in [-0.05, 0) is 33.8 Å². The van der Waals surface area contributed by atoms with Crippen molar-refractivity contribution in [2.45, 2.75) is 40.2 Å². The molecular formula is C17H26N2O4. The van der Waals surface area contributed by atoms with Crippen LogP contribution < -0.4 is 0 Å². The first-order valence-corrected chi connectivity index (χ1v) is 8.15. The summed E-state index contributed by atoms with van der Waals surface area (Å²) in [5.41, 5.74) is 0.650. The number of carbonyl (C=O) groups is 2. The van der Waals surface area contributed by atoms with E-state index >= 15 is 0 Å². The highest BCUT2D eigenvalue weighted by Gasteiger charge is 2.25. The maximum Gasteiger partial charge on any atom is 0.307 e. The highest BCUT2D eigenvalue weighted by Crippen LogP contribution is 2.17. The van der Waals surface area contributed by atoms with Crippen LogP contribution in [0, 0.1) is 13.8 Å². The van der Waals surface area contributed by atoms with Crippen LogP contribution >= 0.6 is 0 Å². The molecule has 0 radical (unpaired) electrons. The van der Waals surface area contributed by atoms with Crippen molar-refractivity contribution >= 4 is 11.9 Å². The lowest BCUT2D eigenvalue weighted by molar-refractivity contribution is -0.147. The molecule has 0 aromatic carbocycles. The third kappa shape index (κ3) is 4.82. The molecule has 2 rings (SSSR count). The van der Waals surface area contributed by atoms with Gasteiger partial charge in [0.1, 0.15) is 11.5 Å². The zero-order valence-corrected chi connectivity index (χ0v) is 14.4. The monoisotopic (exact) mass is 322 g/mol. The molecule has 0 N–H and O–H groups in total. The fraction of sp³-hybridized carbons (Fsp3) is 0.647. The van der Waals surface area contributed by atoms with Gasteiger partial charge in [0.2, 0.25) is 0 Å². The fourth-order valence-corrected chi connectivity index (χ4v) is 2.76. The van der Waals surface area contributed by atoms with Crippen LogP contribution in [0.15, 0.2) is 10.5 Å². The Hall–Kier alpha value is -1.82. The van der Waals surface area contributed by atoms with Gasteiger partial charge in [0.15, 0.2) is 0 Å². The van der Waals surface area contributed by atoms with Crippen molar-refractivity contribution in [3.05, 3.63) is 23.2 Å². The predicted octanol–water partition coefficient (Wildman–Crippen LogP) is 2.00. The van der Waals surface area contributed by atoms with Crippen molar-refractivity contribution in [1.29, 1.82) is 0 Å². The van der Waals surface area contributed by atoms with E-state index in [2.05, 4.69) is 4.90 Å². The van der Waals surface area contributed by atoms with Crippen LogP contribution in [0.3, 0.4) is 0 Å². The van der Waals surface area contributed by atoms with Crippen LogP contribution in [0.5, 0.6) is 0 Å². The quantitative estimate of drug-likeness (QED) is 0.776. The van der Waals surface area contributed by atoms with E-state index in [1.807, 2.05) is 32.6 Å². The van der Waals surface area contributed by atoms with Crippen molar-refractivity contribution < 1.29 is 18.7 Å². The number of ether oxygens (including phenoxy) is 1. The average molecular weight is 322 g/mol. The molecule has 23 heavy (non-hydrogen) atoms. The topological polar surface area (TPSA) is 63.0 Å². The minimum atomic E-state index is -0.164. The first kappa shape index (κ1) is 17.5. The van der Waals surface area contributed by atoms with Gasteiger partial charge in [-0.15, -0.1) is 0 Å². The van der Waals surface area contributed by atoms with Crippen LogP contribution in [-0.2, 0) is 9.53 Å². The van der Waals surface area contributed by atoms with Gasteiger partial charge < -0.3 is 14.1 Å². The highest BCUT2D eigenvalue weighted by atomic mass is 16.5. The molecule has 1 amide bonds. The Labute approximate surface area is 137 Å². The lowest BCUT2D eigenvalue weighted by atomic mass is 10.2. The molecule has 1 saturated heterocycles. The van der Waals surface area contributed by atoms with Crippen molar-refractivity contribution in [1.82, 2.24) is 9.80 Å². The third-order valence-corrected chi connectivity index (χ3v) is 3.93. The second-order valence-electron chi connectivity index (χ2n) is 6.25. The Morgan fingerprint density at radius 3 is 2.39 bits per heavy atom. The number of furan rings is 1. The molecule has 1 aliphatic rings. The average Bonchev–Trinajstić information content (AvgIpc) is 2.83. The highest BCUT2D eigenvalue weighted by molar-refractivity contribution is 5.95. The Kier molecular flexibility index (Phi) is 5.82. The molecule has 0 atom stereocenters. The number of esters is 1. The van der Waals surface area contributed by atoms with Crippen LogP contribution in [0.1, 0.15) is 42.1 Å². The molecule has 6 heteroatoms. The summed E-state index contributed by atoms with van der Waals surface area (Å²) in [5.74, 6) is 1.29. The number of aryl methyl sites for hydroxylation is 2. The maximum absolute atomic E-state index is 12.5. The normalized spacial score (nSPS) is 16.0. The zero-order chi connectivity index (χ0) is 17.0. The molecule has 128 valence electrons. The van der Waals surface area contributed by atoms with Gasteiger partial charge in [-0.3, -0.25) is 14.5 Å². The second kappa shape index (κ2) is 7.64. The smallest absolute Gasteiger partial charge is 0.307 e. The lowest BCUT2D eigenvalue weighted by Gasteiger charge is -2.34. The number of carbonyl (C=O) groups excluding carboxylic acids is 2. The molecule has 2 heterocycles. The van der Waals surface area contributed by atoms with Crippen molar-refractivity contribution in [3.8, 4) is 0 Å². The number of piperazine rings is 1. The summed E-state index contributed by atoms with van der Waals surface area (Å²) in [4.78, 5) is 28.1. The second-order valence-corrected chi connectivity index (χ2v) is 6.25. The molecular weight excluding hydrogens is 296 g/mol. The number of rotatable bonds is 5. The van der Waals surface area contributed by atoms with Gasteiger partial charge in [-0.25, -0.2) is 0 Å². The summed E-state index contributed by atoms with van der Waals surface area (Å²) >= 11 is 0. The summed E-state index contributed by atoms with van der Waals surface area (Å²) in [5, 5.41) is 0. The molecule has 0 unspecified atom stereocenters. The summed E-state index contributed by atoms with van der Waals surface area (Å²) in [6.45, 7) is 10.9. The Morgan fingerprint density at radius 1 is 1.22 bits per heavy atom. The van der Waals surface area contributed by atoms with E-state index in [4.69, 9.17) is 9.15 Å². The van der Waals surface area contributed by atoms with E-state index in [-0.39, 0.29) is 18.0 Å². The van der Waals surface area contributed by atoms with Crippen molar-refractivity contribution in [3.63, 3.8) is 0 Å². The van der Waals surface area contributed by atoms with Gasteiger partial charge in [-0.1, -0.05) is 0 Å². The molecule has 0 saturated carbocycles. The summed E-state index contributed by atoms with van der Waals surface area (Å²) < 4.78 is 10.6. The molecule has 6 nitrogen and oxygen atoms in total. The largest absolute Gasteiger partial charge is 0.466 e. The van der Waals surface area contributed by atoms with E-state index < -0.39 is 0 Å². The van der Waals surface area contributed by atoms with E-state index in [0.29, 0.717) is 37.4 Å². The third-order valence-electron chi connectivity index (χ3n) is 3.93. The first-order valence-electron chi connectivity index (χ1n) is 8.15. The predicted molar refractivity (Wildman–Crippen MR) is 86.4 cm³/mol. The molecule has 0 aliphatic carbocycles. The molecule has 1 fully saturated rings. The maximum atomic E-state index is 12.5. The summed E-state index contributed by atoms with van der Waals surface area (Å²) in [6, 6.07) is 1.80. The molecule has 1 aromatic heterocycles. The summed E-state index contributed by atoms with van der Waals surface area (Å²) in [7, 11) is 0. The van der Waals surface area contributed by atoms with E-state index in [1.165, 1.54) is 0 Å². The minimum Gasteiger partial charge on any atom is -0.466 e. The lowest BCUT2D eigenvalue weighted by Crippen LogP contribution is -2.49. The molecule has 1 aliphatic heterocycles. The van der Waals surface area contributed by atoms with E-state index in [0.717, 1.165) is 18.8 Å². The first-order chi connectivity index (χ1) is 10.9. The van der Waals surface area contributed by atoms with Crippen LogP contribution in [0.4, 0.5) is 0 Å². The van der Waals surface area contributed by atoms with Gasteiger partial charge in [0.05, 0.1) is 18.1 Å². The molecule has 1 aromatic rings. The van der Waals surface area contributed by atoms with Gasteiger partial charge in [0.25, 0.3) is 5.91 Å². The number of hydrogen-bond acceptors (Lipinski definition) is 5. The van der Waals surface area contributed by atoms with E-state index in [9.17, 15) is 9.59 Å². The number of hydrogen-bond donors (Lipinski definition) is 0. The fourth-order valence-electron chi connectivity index (χ4n) is 2.76. The SMILES string of the molecule is Cc1cc(C(=O)N2CCN(CCC(=O)OC(C)C)CC2)c(C)o1. The van der Waals surface area contributed by atoms with E-state index in [1.54, 1.807) is 6.07 Å². The van der Waals surface area contributed by atoms with Crippen molar-refractivity contribution in [2.24, 2.45) is 0 Å². The summed E-state index contributed by atoms with van der Waals surface area (Å²) in [6.07, 6.45) is 0.324. The van der Waals surface area contributed by atoms with Gasteiger partial charge in [0, 0.05) is 32.7 Å². The van der Waals surface area contributed by atoms with Gasteiger partial charge >= 0.3 is 5.97 Å². The minimum absolute atomic E-state index is 0.0261. The van der Waals surface area contributed by atoms with Crippen LogP contribution in [0.2, 0.25) is 0 Å². The molecule has 0 spiro atoms. The molecule has 0 bridgehead atoms. The number of amides is 1. The number of nitrogens with zero attached hydrogens (tertiary/aromatic N) is 2. The standard InChI is InChI=1S/C17H26N2O4/c1-12(2)22-16(20)5-6-18-7-9-19(10-8-18)17(21)15-11-13(3)23-14(15)4/h11-12H,5-10H2,1-4H3. The van der Waals surface area contributed by atoms with Gasteiger partial charge in [-0.2, -0.15) is 0 Å². The Balaban J connectivity index is 1.78. The zero-order valence-electron chi connectivity index (χ0n) is 14.4. The Bertz CT molecular complexity index is 557. The Morgan fingerprint density at radius 2 is 1.87 bits per heavy atom. The van der Waals surface area contributed by atoms with Crippen LogP contribution in [-0.4, -0.2) is 60.5 Å². The van der Waals surface area contributed by atoms with Crippen molar-refractivity contribution in [2.75, 3.05) is 32.7 Å².